The third-order valence-corrected chi connectivity index (χ3v) is 5.61. The third-order valence-electron chi connectivity index (χ3n) is 5.24. The standard InChI is InChI=1S/C22H20ClNO3/c1-14-9-10-19(20(25)11-14)24-12-17-16(22(24)26)6-4-8-21(17)27-13-15-5-2-3-7-18(15)23/h2-8,19H,1,9-13H2. The van der Waals surface area contributed by atoms with Crippen molar-refractivity contribution < 1.29 is 14.3 Å². The summed E-state index contributed by atoms with van der Waals surface area (Å²) in [5.41, 5.74) is 3.29. The van der Waals surface area contributed by atoms with Gasteiger partial charge in [0.2, 0.25) is 0 Å². The van der Waals surface area contributed by atoms with Gasteiger partial charge in [-0.15, -0.1) is 0 Å². The van der Waals surface area contributed by atoms with E-state index in [1.54, 1.807) is 11.0 Å². The van der Waals surface area contributed by atoms with Crippen molar-refractivity contribution in [3.8, 4) is 5.75 Å². The Morgan fingerprint density at radius 1 is 1.15 bits per heavy atom. The Bertz CT molecular complexity index is 937. The van der Waals surface area contributed by atoms with Crippen LogP contribution in [0.5, 0.6) is 5.75 Å². The number of ketones is 1. The molecule has 0 saturated heterocycles. The zero-order valence-corrected chi connectivity index (χ0v) is 15.7. The molecule has 1 saturated carbocycles. The van der Waals surface area contributed by atoms with Crippen molar-refractivity contribution in [2.45, 2.75) is 38.5 Å². The molecule has 27 heavy (non-hydrogen) atoms. The summed E-state index contributed by atoms with van der Waals surface area (Å²) in [6.07, 6.45) is 1.79. The predicted octanol–water partition coefficient (Wildman–Crippen LogP) is 4.55. The molecule has 1 amide bonds. The molecular weight excluding hydrogens is 362 g/mol. The van der Waals surface area contributed by atoms with Crippen molar-refractivity contribution in [3.63, 3.8) is 0 Å². The number of carbonyl (C=O) groups is 2. The highest BCUT2D eigenvalue weighted by molar-refractivity contribution is 6.31. The minimum Gasteiger partial charge on any atom is -0.488 e. The van der Waals surface area contributed by atoms with E-state index >= 15 is 0 Å². The van der Waals surface area contributed by atoms with Gasteiger partial charge in [-0.05, 0) is 31.0 Å². The Kier molecular flexibility index (Phi) is 4.75. The number of allylic oxidation sites excluding steroid dienone is 1. The molecule has 0 bridgehead atoms. The molecule has 1 fully saturated rings. The lowest BCUT2D eigenvalue weighted by Crippen LogP contribution is -2.43. The quantitative estimate of drug-likeness (QED) is 0.730. The number of nitrogens with zero attached hydrogens (tertiary/aromatic N) is 1. The van der Waals surface area contributed by atoms with Crippen LogP contribution in [0.25, 0.3) is 0 Å². The maximum absolute atomic E-state index is 12.9. The first-order valence-corrected chi connectivity index (χ1v) is 9.41. The van der Waals surface area contributed by atoms with Gasteiger partial charge in [0.05, 0.1) is 12.6 Å². The van der Waals surface area contributed by atoms with E-state index in [-0.39, 0.29) is 17.7 Å². The average molecular weight is 382 g/mol. The SMILES string of the molecule is C=C1CCC(N2Cc3c(OCc4ccccc4Cl)cccc3C2=O)C(=O)C1. The molecule has 5 heteroatoms. The van der Waals surface area contributed by atoms with Crippen molar-refractivity contribution in [1.82, 2.24) is 4.90 Å². The number of fused-ring (bicyclic) bond motifs is 1. The molecule has 1 heterocycles. The lowest BCUT2D eigenvalue weighted by atomic mass is 9.90. The summed E-state index contributed by atoms with van der Waals surface area (Å²) in [6, 6.07) is 12.6. The minimum atomic E-state index is -0.369. The van der Waals surface area contributed by atoms with Crippen LogP contribution in [-0.2, 0) is 17.9 Å². The lowest BCUT2D eigenvalue weighted by Gasteiger charge is -2.30. The van der Waals surface area contributed by atoms with Gasteiger partial charge in [0.1, 0.15) is 12.4 Å². The molecule has 138 valence electrons. The first kappa shape index (κ1) is 17.8. The van der Waals surface area contributed by atoms with Gasteiger partial charge in [-0.25, -0.2) is 0 Å². The Morgan fingerprint density at radius 3 is 2.74 bits per heavy atom. The molecule has 1 unspecified atom stereocenters. The average Bonchev–Trinajstić information content (AvgIpc) is 2.98. The summed E-state index contributed by atoms with van der Waals surface area (Å²) in [4.78, 5) is 27.0. The fourth-order valence-electron chi connectivity index (χ4n) is 3.77. The van der Waals surface area contributed by atoms with Gasteiger partial charge in [0, 0.05) is 28.1 Å². The Labute approximate surface area is 163 Å². The van der Waals surface area contributed by atoms with Crippen LogP contribution in [0, 0.1) is 0 Å². The van der Waals surface area contributed by atoms with Crippen LogP contribution in [0.3, 0.4) is 0 Å². The molecule has 0 spiro atoms. The summed E-state index contributed by atoms with van der Waals surface area (Å²) in [5.74, 6) is 0.640. The fraction of sp³-hybridized carbons (Fsp3) is 0.273. The van der Waals surface area contributed by atoms with Gasteiger partial charge in [-0.2, -0.15) is 0 Å². The zero-order chi connectivity index (χ0) is 19.0. The van der Waals surface area contributed by atoms with Gasteiger partial charge >= 0.3 is 0 Å². The van der Waals surface area contributed by atoms with Crippen LogP contribution >= 0.6 is 11.6 Å². The van der Waals surface area contributed by atoms with Crippen molar-refractivity contribution in [3.05, 3.63) is 76.3 Å². The second-order valence-electron chi connectivity index (χ2n) is 7.04. The number of rotatable bonds is 4. The molecule has 1 atom stereocenters. The van der Waals surface area contributed by atoms with E-state index in [4.69, 9.17) is 16.3 Å². The topological polar surface area (TPSA) is 46.6 Å². The fourth-order valence-corrected chi connectivity index (χ4v) is 3.96. The summed E-state index contributed by atoms with van der Waals surface area (Å²) in [7, 11) is 0. The van der Waals surface area contributed by atoms with Crippen molar-refractivity contribution >= 4 is 23.3 Å². The van der Waals surface area contributed by atoms with Gasteiger partial charge in [0.15, 0.2) is 5.78 Å². The summed E-state index contributed by atoms with van der Waals surface area (Å²) < 4.78 is 5.98. The van der Waals surface area contributed by atoms with E-state index in [9.17, 15) is 9.59 Å². The van der Waals surface area contributed by atoms with Gasteiger partial charge in [-0.3, -0.25) is 9.59 Å². The molecule has 4 rings (SSSR count). The Morgan fingerprint density at radius 2 is 1.96 bits per heavy atom. The first-order chi connectivity index (χ1) is 13.0. The number of Topliss-reactive ketones (excluding diaryl/α,β-unsaturated/α-hetero) is 1. The van der Waals surface area contributed by atoms with Crippen LogP contribution in [0.15, 0.2) is 54.6 Å². The van der Waals surface area contributed by atoms with E-state index in [0.717, 1.165) is 23.1 Å². The molecule has 2 aromatic carbocycles. The zero-order valence-electron chi connectivity index (χ0n) is 14.9. The largest absolute Gasteiger partial charge is 0.488 e. The summed E-state index contributed by atoms with van der Waals surface area (Å²) in [5, 5.41) is 0.649. The van der Waals surface area contributed by atoms with E-state index in [1.807, 2.05) is 36.4 Å². The van der Waals surface area contributed by atoms with Crippen LogP contribution in [0.2, 0.25) is 5.02 Å². The molecule has 0 aromatic heterocycles. The van der Waals surface area contributed by atoms with E-state index < -0.39 is 0 Å². The second-order valence-corrected chi connectivity index (χ2v) is 7.45. The Balaban J connectivity index is 1.55. The number of ether oxygens (including phenoxy) is 1. The molecule has 1 aliphatic heterocycles. The Hall–Kier alpha value is -2.59. The van der Waals surface area contributed by atoms with Gasteiger partial charge < -0.3 is 9.64 Å². The maximum atomic E-state index is 12.9. The van der Waals surface area contributed by atoms with E-state index in [2.05, 4.69) is 6.58 Å². The number of carbonyl (C=O) groups excluding carboxylic acids is 2. The predicted molar refractivity (Wildman–Crippen MR) is 104 cm³/mol. The number of halogens is 1. The summed E-state index contributed by atoms with van der Waals surface area (Å²) >= 11 is 6.20. The summed E-state index contributed by atoms with van der Waals surface area (Å²) in [6.45, 7) is 4.63. The van der Waals surface area contributed by atoms with Gasteiger partial charge in [-0.1, -0.05) is 48.0 Å². The third kappa shape index (κ3) is 3.37. The normalized spacial score (nSPS) is 19.4. The number of benzene rings is 2. The van der Waals surface area contributed by atoms with Crippen LogP contribution in [0.4, 0.5) is 0 Å². The molecule has 0 radical (unpaired) electrons. The smallest absolute Gasteiger partial charge is 0.255 e. The number of amides is 1. The van der Waals surface area contributed by atoms with Crippen molar-refractivity contribution in [2.75, 3.05) is 0 Å². The van der Waals surface area contributed by atoms with E-state index in [1.165, 1.54) is 0 Å². The van der Waals surface area contributed by atoms with Crippen LogP contribution in [0.1, 0.15) is 40.7 Å². The molecular formula is C22H20ClNO3. The van der Waals surface area contributed by atoms with E-state index in [0.29, 0.717) is 42.3 Å². The number of hydrogen-bond acceptors (Lipinski definition) is 3. The van der Waals surface area contributed by atoms with Gasteiger partial charge in [0.25, 0.3) is 5.91 Å². The monoisotopic (exact) mass is 381 g/mol. The minimum absolute atomic E-state index is 0.0749. The first-order valence-electron chi connectivity index (χ1n) is 9.03. The van der Waals surface area contributed by atoms with Crippen LogP contribution < -0.4 is 4.74 Å². The molecule has 1 aliphatic carbocycles. The number of hydrogen-bond donors (Lipinski definition) is 0. The van der Waals surface area contributed by atoms with Crippen LogP contribution in [-0.4, -0.2) is 22.6 Å². The second kappa shape index (κ2) is 7.20. The lowest BCUT2D eigenvalue weighted by molar-refractivity contribution is -0.124. The highest BCUT2D eigenvalue weighted by Crippen LogP contribution is 2.35. The molecule has 2 aromatic rings. The van der Waals surface area contributed by atoms with Crippen molar-refractivity contribution in [1.29, 1.82) is 0 Å². The van der Waals surface area contributed by atoms with Crippen molar-refractivity contribution in [2.24, 2.45) is 0 Å². The molecule has 2 aliphatic rings. The highest BCUT2D eigenvalue weighted by atomic mass is 35.5. The maximum Gasteiger partial charge on any atom is 0.255 e. The highest BCUT2D eigenvalue weighted by Gasteiger charge is 2.38. The molecule has 0 N–H and O–H groups in total. The molecule has 4 nitrogen and oxygen atoms in total.